The van der Waals surface area contributed by atoms with E-state index in [4.69, 9.17) is 0 Å². The average molecular weight is 442 g/mol. The second-order valence-electron chi connectivity index (χ2n) is 7.97. The number of nitrogens with one attached hydrogen (secondary N) is 1. The SMILES string of the molecule is O=C(Nc1ccccc1C(=O)N1CCCCC1)[C@H]1CCCN1S(=O)(=O)c1ccccc1. The first-order chi connectivity index (χ1) is 15.0. The normalized spacial score (nSPS) is 19.9. The molecule has 4 rings (SSSR count). The van der Waals surface area contributed by atoms with Crippen LogP contribution in [0.5, 0.6) is 0 Å². The molecule has 164 valence electrons. The van der Waals surface area contributed by atoms with Crippen LogP contribution in [0.25, 0.3) is 0 Å². The van der Waals surface area contributed by atoms with Gasteiger partial charge in [0.05, 0.1) is 16.1 Å². The fraction of sp³-hybridized carbons (Fsp3) is 0.391. The number of rotatable bonds is 5. The molecule has 2 heterocycles. The van der Waals surface area contributed by atoms with Crippen molar-refractivity contribution in [3.05, 3.63) is 60.2 Å². The van der Waals surface area contributed by atoms with Gasteiger partial charge < -0.3 is 10.2 Å². The van der Waals surface area contributed by atoms with Crippen molar-refractivity contribution in [1.29, 1.82) is 0 Å². The molecule has 2 fully saturated rings. The van der Waals surface area contributed by atoms with Crippen LogP contribution in [0.4, 0.5) is 5.69 Å². The number of nitrogens with zero attached hydrogens (tertiary/aromatic N) is 2. The molecule has 0 spiro atoms. The van der Waals surface area contributed by atoms with E-state index < -0.39 is 22.0 Å². The molecule has 0 bridgehead atoms. The van der Waals surface area contributed by atoms with Crippen LogP contribution in [0, 0.1) is 0 Å². The van der Waals surface area contributed by atoms with Crippen LogP contribution in [-0.4, -0.2) is 55.1 Å². The van der Waals surface area contributed by atoms with Gasteiger partial charge in [0.1, 0.15) is 6.04 Å². The van der Waals surface area contributed by atoms with Crippen molar-refractivity contribution >= 4 is 27.5 Å². The number of anilines is 1. The number of hydrogen-bond acceptors (Lipinski definition) is 4. The lowest BCUT2D eigenvalue weighted by atomic mass is 10.1. The third-order valence-electron chi connectivity index (χ3n) is 5.91. The first-order valence-corrected chi connectivity index (χ1v) is 12.2. The summed E-state index contributed by atoms with van der Waals surface area (Å²) in [5.74, 6) is -0.508. The summed E-state index contributed by atoms with van der Waals surface area (Å²) in [4.78, 5) is 28.1. The van der Waals surface area contributed by atoms with Gasteiger partial charge in [0.25, 0.3) is 5.91 Å². The van der Waals surface area contributed by atoms with Gasteiger partial charge in [0.2, 0.25) is 15.9 Å². The van der Waals surface area contributed by atoms with E-state index in [0.717, 1.165) is 19.3 Å². The minimum absolute atomic E-state index is 0.101. The van der Waals surface area contributed by atoms with Gasteiger partial charge in [0, 0.05) is 19.6 Å². The predicted octanol–water partition coefficient (Wildman–Crippen LogP) is 3.10. The number of likely N-dealkylation sites (tertiary alicyclic amines) is 1. The van der Waals surface area contributed by atoms with Gasteiger partial charge in [-0.2, -0.15) is 4.31 Å². The van der Waals surface area contributed by atoms with Crippen LogP contribution in [-0.2, 0) is 14.8 Å². The molecule has 1 atom stereocenters. The number of benzene rings is 2. The van der Waals surface area contributed by atoms with E-state index in [0.29, 0.717) is 43.7 Å². The Labute approximate surface area is 183 Å². The zero-order valence-electron chi connectivity index (χ0n) is 17.4. The minimum Gasteiger partial charge on any atom is -0.339 e. The second-order valence-corrected chi connectivity index (χ2v) is 9.87. The number of carbonyl (C=O) groups is 2. The fourth-order valence-electron chi connectivity index (χ4n) is 4.28. The molecule has 8 heteroatoms. The zero-order chi connectivity index (χ0) is 21.8. The van der Waals surface area contributed by atoms with Crippen LogP contribution in [0.1, 0.15) is 42.5 Å². The summed E-state index contributed by atoms with van der Waals surface area (Å²) in [7, 11) is -3.77. The molecule has 0 unspecified atom stereocenters. The summed E-state index contributed by atoms with van der Waals surface area (Å²) in [6, 6.07) is 14.3. The highest BCUT2D eigenvalue weighted by atomic mass is 32.2. The molecule has 2 saturated heterocycles. The Hall–Kier alpha value is -2.71. The number of sulfonamides is 1. The number of hydrogen-bond donors (Lipinski definition) is 1. The third kappa shape index (κ3) is 4.50. The smallest absolute Gasteiger partial charge is 0.255 e. The van der Waals surface area contributed by atoms with Crippen LogP contribution in [0.2, 0.25) is 0 Å². The van der Waals surface area contributed by atoms with E-state index in [9.17, 15) is 18.0 Å². The van der Waals surface area contributed by atoms with Crippen LogP contribution < -0.4 is 5.32 Å². The van der Waals surface area contributed by atoms with Crippen LogP contribution >= 0.6 is 0 Å². The molecule has 0 aliphatic carbocycles. The Morgan fingerprint density at radius 3 is 2.26 bits per heavy atom. The van der Waals surface area contributed by atoms with Crippen molar-refractivity contribution in [2.24, 2.45) is 0 Å². The fourth-order valence-corrected chi connectivity index (χ4v) is 5.96. The van der Waals surface area contributed by atoms with Crippen molar-refractivity contribution in [3.63, 3.8) is 0 Å². The molecule has 2 aromatic carbocycles. The topological polar surface area (TPSA) is 86.8 Å². The lowest BCUT2D eigenvalue weighted by Gasteiger charge is -2.28. The lowest BCUT2D eigenvalue weighted by Crippen LogP contribution is -2.43. The highest BCUT2D eigenvalue weighted by Crippen LogP contribution is 2.28. The average Bonchev–Trinajstić information content (AvgIpc) is 3.31. The van der Waals surface area contributed by atoms with E-state index in [2.05, 4.69) is 5.32 Å². The molecular weight excluding hydrogens is 414 g/mol. The first kappa shape index (κ1) is 21.5. The van der Waals surface area contributed by atoms with Gasteiger partial charge in [-0.1, -0.05) is 30.3 Å². The Morgan fingerprint density at radius 2 is 1.52 bits per heavy atom. The number of piperidine rings is 1. The summed E-state index contributed by atoms with van der Waals surface area (Å²) < 4.78 is 27.4. The number of amides is 2. The summed E-state index contributed by atoms with van der Waals surface area (Å²) in [6.45, 7) is 1.73. The van der Waals surface area contributed by atoms with Gasteiger partial charge >= 0.3 is 0 Å². The van der Waals surface area contributed by atoms with E-state index in [1.807, 2.05) is 4.90 Å². The maximum atomic E-state index is 13.1. The van der Waals surface area contributed by atoms with Gasteiger partial charge in [-0.3, -0.25) is 9.59 Å². The number of carbonyl (C=O) groups excluding carboxylic acids is 2. The van der Waals surface area contributed by atoms with E-state index in [-0.39, 0.29) is 10.8 Å². The van der Waals surface area contributed by atoms with Crippen molar-refractivity contribution in [2.45, 2.75) is 43.0 Å². The van der Waals surface area contributed by atoms with Gasteiger partial charge in [-0.15, -0.1) is 0 Å². The Bertz CT molecular complexity index is 1050. The van der Waals surface area contributed by atoms with E-state index in [1.165, 1.54) is 16.4 Å². The molecule has 0 aromatic heterocycles. The monoisotopic (exact) mass is 441 g/mol. The molecule has 2 aliphatic rings. The molecule has 0 saturated carbocycles. The van der Waals surface area contributed by atoms with E-state index >= 15 is 0 Å². The Kier molecular flexibility index (Phi) is 6.38. The summed E-state index contributed by atoms with van der Waals surface area (Å²) in [5, 5.41) is 2.83. The maximum absolute atomic E-state index is 13.1. The number of para-hydroxylation sites is 1. The van der Waals surface area contributed by atoms with Crippen molar-refractivity contribution in [2.75, 3.05) is 25.0 Å². The molecule has 0 radical (unpaired) electrons. The quantitative estimate of drug-likeness (QED) is 0.772. The molecule has 1 N–H and O–H groups in total. The van der Waals surface area contributed by atoms with Crippen molar-refractivity contribution < 1.29 is 18.0 Å². The predicted molar refractivity (Wildman–Crippen MR) is 118 cm³/mol. The van der Waals surface area contributed by atoms with Crippen molar-refractivity contribution in [3.8, 4) is 0 Å². The highest BCUT2D eigenvalue weighted by Gasteiger charge is 2.39. The lowest BCUT2D eigenvalue weighted by molar-refractivity contribution is -0.119. The van der Waals surface area contributed by atoms with Gasteiger partial charge in [0.15, 0.2) is 0 Å². The second kappa shape index (κ2) is 9.20. The van der Waals surface area contributed by atoms with Gasteiger partial charge in [-0.25, -0.2) is 8.42 Å². The summed E-state index contributed by atoms with van der Waals surface area (Å²) in [5.41, 5.74) is 0.861. The Balaban J connectivity index is 1.54. The largest absolute Gasteiger partial charge is 0.339 e. The first-order valence-electron chi connectivity index (χ1n) is 10.7. The van der Waals surface area contributed by atoms with Crippen LogP contribution in [0.3, 0.4) is 0 Å². The molecule has 7 nitrogen and oxygen atoms in total. The van der Waals surface area contributed by atoms with Crippen molar-refractivity contribution in [1.82, 2.24) is 9.21 Å². The molecular formula is C23H27N3O4S. The summed E-state index contributed by atoms with van der Waals surface area (Å²) in [6.07, 6.45) is 4.14. The highest BCUT2D eigenvalue weighted by molar-refractivity contribution is 7.89. The standard InChI is InChI=1S/C23H27N3O4S/c27-22(21-14-9-17-26(21)31(29,30)18-10-3-1-4-11-18)24-20-13-6-5-12-19(20)23(28)25-15-7-2-8-16-25/h1,3-6,10-13,21H,2,7-9,14-17H2,(H,24,27)/t21-/m1/s1. The molecule has 2 amide bonds. The Morgan fingerprint density at radius 1 is 0.839 bits per heavy atom. The van der Waals surface area contributed by atoms with Gasteiger partial charge in [-0.05, 0) is 56.4 Å². The van der Waals surface area contributed by atoms with Crippen LogP contribution in [0.15, 0.2) is 59.5 Å². The maximum Gasteiger partial charge on any atom is 0.255 e. The minimum atomic E-state index is -3.77. The molecule has 31 heavy (non-hydrogen) atoms. The summed E-state index contributed by atoms with van der Waals surface area (Å²) >= 11 is 0. The third-order valence-corrected chi connectivity index (χ3v) is 7.84. The zero-order valence-corrected chi connectivity index (χ0v) is 18.2. The molecule has 2 aromatic rings. The molecule has 2 aliphatic heterocycles. The van der Waals surface area contributed by atoms with E-state index in [1.54, 1.807) is 42.5 Å².